The lowest BCUT2D eigenvalue weighted by Crippen LogP contribution is -2.44. The highest BCUT2D eigenvalue weighted by atomic mass is 19.1. The lowest BCUT2D eigenvalue weighted by Gasteiger charge is -2.18. The second-order valence-corrected chi connectivity index (χ2v) is 4.83. The highest BCUT2D eigenvalue weighted by Gasteiger charge is 2.45. The van der Waals surface area contributed by atoms with Gasteiger partial charge < -0.3 is 14.9 Å². The Morgan fingerprint density at radius 2 is 2.10 bits per heavy atom. The van der Waals surface area contributed by atoms with Gasteiger partial charge in [-0.3, -0.25) is 13.9 Å². The van der Waals surface area contributed by atoms with Crippen LogP contribution >= 0.6 is 0 Å². The average Bonchev–Trinajstić information content (AvgIpc) is 2.75. The van der Waals surface area contributed by atoms with Gasteiger partial charge in [0.15, 0.2) is 12.4 Å². The monoisotopic (exact) mass is 306 g/mol. The van der Waals surface area contributed by atoms with E-state index in [0.29, 0.717) is 4.57 Å². The van der Waals surface area contributed by atoms with Crippen LogP contribution in [0.5, 0.6) is 0 Å². The van der Waals surface area contributed by atoms with Crippen molar-refractivity contribution in [2.75, 3.05) is 13.3 Å². The number of hydrogen-bond acceptors (Lipinski definition) is 5. The van der Waals surface area contributed by atoms with Gasteiger partial charge >= 0.3 is 5.69 Å². The summed E-state index contributed by atoms with van der Waals surface area (Å²) in [6.45, 7) is -0.592. The Hall–Kier alpha value is -1.58. The minimum Gasteiger partial charge on any atom is -0.394 e. The molecule has 1 saturated heterocycles. The van der Waals surface area contributed by atoms with Crippen LogP contribution in [0.2, 0.25) is 0 Å². The summed E-state index contributed by atoms with van der Waals surface area (Å²) in [4.78, 5) is 23.9. The zero-order valence-electron chi connectivity index (χ0n) is 11.3. The quantitative estimate of drug-likeness (QED) is 0.735. The Bertz CT molecular complexity index is 629. The van der Waals surface area contributed by atoms with E-state index >= 15 is 0 Å². The van der Waals surface area contributed by atoms with Crippen molar-refractivity contribution in [1.82, 2.24) is 9.13 Å². The Morgan fingerprint density at radius 1 is 1.43 bits per heavy atom. The molecule has 0 radical (unpaired) electrons. The van der Waals surface area contributed by atoms with Gasteiger partial charge in [-0.05, 0) is 6.92 Å². The molecule has 1 aliphatic rings. The number of aliphatic hydroxyl groups excluding tert-OH is 2. The molecule has 21 heavy (non-hydrogen) atoms. The van der Waals surface area contributed by atoms with Crippen LogP contribution < -0.4 is 11.2 Å². The van der Waals surface area contributed by atoms with Gasteiger partial charge in [0.2, 0.25) is 0 Å². The maximum atomic E-state index is 14.0. The molecule has 2 N–H and O–H groups in total. The normalized spacial score (nSPS) is 29.0. The van der Waals surface area contributed by atoms with E-state index in [-0.39, 0.29) is 5.56 Å². The van der Waals surface area contributed by atoms with E-state index in [4.69, 9.17) is 9.84 Å². The number of aryl methyl sites for hydroxylation is 1. The van der Waals surface area contributed by atoms with Crippen LogP contribution in [0.1, 0.15) is 11.8 Å². The molecule has 0 aromatic carbocycles. The van der Waals surface area contributed by atoms with E-state index in [2.05, 4.69) is 0 Å². The van der Waals surface area contributed by atoms with E-state index in [1.165, 1.54) is 6.92 Å². The summed E-state index contributed by atoms with van der Waals surface area (Å²) in [6.07, 6.45) is -5.08. The van der Waals surface area contributed by atoms with Crippen LogP contribution in [0, 0.1) is 6.92 Å². The number of alkyl halides is 2. The maximum Gasteiger partial charge on any atom is 0.333 e. The maximum absolute atomic E-state index is 14.0. The number of aliphatic hydroxyl groups is 2. The van der Waals surface area contributed by atoms with Crippen LogP contribution in [0.15, 0.2) is 15.8 Å². The van der Waals surface area contributed by atoms with Gasteiger partial charge in [0.25, 0.3) is 5.56 Å². The largest absolute Gasteiger partial charge is 0.394 e. The van der Waals surface area contributed by atoms with Gasteiger partial charge in [0, 0.05) is 11.8 Å². The first-order valence-corrected chi connectivity index (χ1v) is 6.39. The van der Waals surface area contributed by atoms with Crippen LogP contribution in [-0.4, -0.2) is 51.0 Å². The summed E-state index contributed by atoms with van der Waals surface area (Å²) in [7, 11) is 0. The van der Waals surface area contributed by atoms with Gasteiger partial charge in [0.05, 0.1) is 13.2 Å². The Labute approximate surface area is 118 Å². The second-order valence-electron chi connectivity index (χ2n) is 4.83. The topological polar surface area (TPSA) is 93.7 Å². The predicted octanol–water partition coefficient (Wildman–Crippen LogP) is -1.12. The summed E-state index contributed by atoms with van der Waals surface area (Å²) in [5.41, 5.74) is -1.48. The molecule has 0 amide bonds. The van der Waals surface area contributed by atoms with Gasteiger partial charge in [-0.25, -0.2) is 13.6 Å². The molecule has 2 unspecified atom stereocenters. The molecular weight excluding hydrogens is 290 g/mol. The van der Waals surface area contributed by atoms with Crippen LogP contribution in [-0.2, 0) is 11.3 Å². The van der Waals surface area contributed by atoms with Crippen molar-refractivity contribution in [2.45, 2.75) is 38.1 Å². The molecule has 0 aliphatic carbocycles. The average molecular weight is 306 g/mol. The van der Waals surface area contributed by atoms with Crippen molar-refractivity contribution in [1.29, 1.82) is 0 Å². The predicted molar refractivity (Wildman–Crippen MR) is 67.6 cm³/mol. The summed E-state index contributed by atoms with van der Waals surface area (Å²) in [5.74, 6) is 0. The minimum absolute atomic E-state index is 0.112. The van der Waals surface area contributed by atoms with Gasteiger partial charge in [0.1, 0.15) is 18.9 Å². The number of nitrogens with zero attached hydrogens (tertiary/aromatic N) is 2. The van der Waals surface area contributed by atoms with Crippen molar-refractivity contribution in [2.24, 2.45) is 0 Å². The molecule has 1 fully saturated rings. The summed E-state index contributed by atoms with van der Waals surface area (Å²) >= 11 is 0. The molecule has 0 bridgehead atoms. The number of ether oxygens (including phenoxy) is 1. The lowest BCUT2D eigenvalue weighted by molar-refractivity contribution is -0.0497. The molecule has 2 heterocycles. The molecule has 1 aromatic rings. The first-order chi connectivity index (χ1) is 9.92. The second kappa shape index (κ2) is 6.04. The molecule has 2 rings (SSSR count). The molecular formula is C12H16F2N2O5. The number of hydrogen-bond donors (Lipinski definition) is 2. The highest BCUT2D eigenvalue weighted by Crippen LogP contribution is 2.30. The highest BCUT2D eigenvalue weighted by molar-refractivity contribution is 5.05. The summed E-state index contributed by atoms with van der Waals surface area (Å²) < 4.78 is 33.0. The number of rotatable bonds is 4. The summed E-state index contributed by atoms with van der Waals surface area (Å²) in [6, 6.07) is 0. The van der Waals surface area contributed by atoms with E-state index in [9.17, 15) is 23.5 Å². The first-order valence-electron chi connectivity index (χ1n) is 6.39. The molecule has 4 atom stereocenters. The van der Waals surface area contributed by atoms with Crippen LogP contribution in [0.3, 0.4) is 0 Å². The fourth-order valence-electron chi connectivity index (χ4n) is 2.30. The van der Waals surface area contributed by atoms with Crippen molar-refractivity contribution in [3.63, 3.8) is 0 Å². The van der Waals surface area contributed by atoms with Crippen molar-refractivity contribution in [3.8, 4) is 0 Å². The third kappa shape index (κ3) is 2.63. The van der Waals surface area contributed by atoms with Crippen LogP contribution in [0.25, 0.3) is 0 Å². The lowest BCUT2D eigenvalue weighted by atomic mass is 10.1. The fourth-order valence-corrected chi connectivity index (χ4v) is 2.30. The van der Waals surface area contributed by atoms with Gasteiger partial charge in [-0.15, -0.1) is 0 Å². The SMILES string of the molecule is Cc1cn([C@@H]2O[C@H](CO)C(O)C2F)c(=O)n(CCF)c1=O. The van der Waals surface area contributed by atoms with E-state index in [1.54, 1.807) is 0 Å². The third-order valence-corrected chi connectivity index (χ3v) is 3.42. The Kier molecular flexibility index (Phi) is 4.55. The zero-order valence-corrected chi connectivity index (χ0v) is 11.3. The number of halogens is 2. The smallest absolute Gasteiger partial charge is 0.333 e. The molecule has 7 nitrogen and oxygen atoms in total. The third-order valence-electron chi connectivity index (χ3n) is 3.42. The molecule has 118 valence electrons. The van der Waals surface area contributed by atoms with Crippen molar-refractivity contribution in [3.05, 3.63) is 32.6 Å². The Morgan fingerprint density at radius 3 is 2.62 bits per heavy atom. The van der Waals surface area contributed by atoms with E-state index < -0.39 is 55.7 Å². The molecule has 0 saturated carbocycles. The molecule has 1 aliphatic heterocycles. The zero-order chi connectivity index (χ0) is 15.7. The molecule has 1 aromatic heterocycles. The van der Waals surface area contributed by atoms with E-state index in [0.717, 1.165) is 10.8 Å². The Balaban J connectivity index is 2.50. The molecule has 9 heteroatoms. The summed E-state index contributed by atoms with van der Waals surface area (Å²) in [5, 5.41) is 18.6. The molecule has 0 spiro atoms. The van der Waals surface area contributed by atoms with E-state index in [1.807, 2.05) is 0 Å². The van der Waals surface area contributed by atoms with Gasteiger partial charge in [-0.1, -0.05) is 0 Å². The van der Waals surface area contributed by atoms with Crippen molar-refractivity contribution < 1.29 is 23.7 Å². The van der Waals surface area contributed by atoms with Crippen molar-refractivity contribution >= 4 is 0 Å². The minimum atomic E-state index is -1.95. The standard InChI is InChI=1S/C12H16F2N2O5/c1-6-4-16(12(20)15(3-2-13)10(6)19)11-8(14)9(18)7(5-17)21-11/h4,7-9,11,17-18H,2-3,5H2,1H3/t7-,8?,9?,11-/m1/s1. The number of aromatic nitrogens is 2. The van der Waals surface area contributed by atoms with Gasteiger partial charge in [-0.2, -0.15) is 0 Å². The fraction of sp³-hybridized carbons (Fsp3) is 0.667. The first kappa shape index (κ1) is 15.8. The van der Waals surface area contributed by atoms with Crippen LogP contribution in [0.4, 0.5) is 8.78 Å².